The number of urea groups is 1. The number of amides is 3. The van der Waals surface area contributed by atoms with Crippen LogP contribution in [-0.2, 0) is 22.5 Å². The lowest BCUT2D eigenvalue weighted by molar-refractivity contribution is -0.143. The molecule has 29 heavy (non-hydrogen) atoms. The van der Waals surface area contributed by atoms with Crippen molar-refractivity contribution in [2.24, 2.45) is 5.73 Å². The average molecular weight is 394 g/mol. The molecule has 1 fully saturated rings. The Bertz CT molecular complexity index is 887. The quantitative estimate of drug-likeness (QED) is 0.743. The van der Waals surface area contributed by atoms with Gasteiger partial charge in [0.1, 0.15) is 6.10 Å². The van der Waals surface area contributed by atoms with Crippen molar-refractivity contribution in [3.63, 3.8) is 0 Å². The summed E-state index contributed by atoms with van der Waals surface area (Å²) in [6, 6.07) is 14.8. The van der Waals surface area contributed by atoms with Gasteiger partial charge in [0, 0.05) is 31.0 Å². The van der Waals surface area contributed by atoms with E-state index in [-0.39, 0.29) is 24.1 Å². The molecule has 1 saturated heterocycles. The van der Waals surface area contributed by atoms with Crippen molar-refractivity contribution in [1.29, 1.82) is 0 Å². The number of hydrogen-bond acceptors (Lipinski definition) is 4. The van der Waals surface area contributed by atoms with Gasteiger partial charge in [-0.25, -0.2) is 4.79 Å². The molecule has 0 aromatic heterocycles. The fourth-order valence-corrected chi connectivity index (χ4v) is 3.99. The van der Waals surface area contributed by atoms with E-state index in [0.717, 1.165) is 35.3 Å². The van der Waals surface area contributed by atoms with Gasteiger partial charge in [-0.05, 0) is 48.6 Å². The highest BCUT2D eigenvalue weighted by molar-refractivity contribution is 6.00. The third-order valence-corrected chi connectivity index (χ3v) is 5.50. The minimum atomic E-state index is -0.386. The van der Waals surface area contributed by atoms with E-state index >= 15 is 0 Å². The fourth-order valence-electron chi connectivity index (χ4n) is 3.99. The summed E-state index contributed by atoms with van der Waals surface area (Å²) < 4.78 is 5.77. The zero-order chi connectivity index (χ0) is 20.2. The molecule has 0 bridgehead atoms. The van der Waals surface area contributed by atoms with E-state index in [2.05, 4.69) is 10.6 Å². The first-order chi connectivity index (χ1) is 14.1. The molecule has 0 unspecified atom stereocenters. The van der Waals surface area contributed by atoms with Gasteiger partial charge in [-0.3, -0.25) is 4.79 Å². The third kappa shape index (κ3) is 4.41. The minimum absolute atomic E-state index is 0.0139. The standard InChI is InChI=1S/C22H26N4O3/c23-13-17-9-10-20(29-17)21(27)26-12-11-18-15(14-26)5-4-8-19(18)25-22(28)24-16-6-2-1-3-7-16/h1-8,17,20H,9-14,23H2,(H2,24,25,28)/t17-,20+/m1/s1. The lowest BCUT2D eigenvalue weighted by Gasteiger charge is -2.31. The SMILES string of the molecule is NC[C@H]1CC[C@@H](C(=O)N2CCc3c(cccc3NC(=O)Nc3ccccc3)C2)O1. The molecule has 2 atom stereocenters. The molecule has 4 N–H and O–H groups in total. The Kier molecular flexibility index (Phi) is 5.78. The van der Waals surface area contributed by atoms with E-state index in [1.54, 1.807) is 0 Å². The normalized spacial score (nSPS) is 20.8. The van der Waals surface area contributed by atoms with Crippen LogP contribution < -0.4 is 16.4 Å². The summed E-state index contributed by atoms with van der Waals surface area (Å²) in [4.78, 5) is 27.0. The maximum absolute atomic E-state index is 12.8. The average Bonchev–Trinajstić information content (AvgIpc) is 3.23. The molecule has 0 radical (unpaired) electrons. The van der Waals surface area contributed by atoms with Gasteiger partial charge in [0.25, 0.3) is 5.91 Å². The molecule has 2 aromatic rings. The maximum atomic E-state index is 12.8. The molecule has 4 rings (SSSR count). The van der Waals surface area contributed by atoms with Crippen LogP contribution in [0.3, 0.4) is 0 Å². The first kappa shape index (κ1) is 19.4. The molecule has 152 valence electrons. The highest BCUT2D eigenvalue weighted by atomic mass is 16.5. The highest BCUT2D eigenvalue weighted by Gasteiger charge is 2.34. The van der Waals surface area contributed by atoms with Gasteiger partial charge in [-0.1, -0.05) is 30.3 Å². The van der Waals surface area contributed by atoms with Crippen LogP contribution in [0.15, 0.2) is 48.5 Å². The zero-order valence-corrected chi connectivity index (χ0v) is 16.3. The summed E-state index contributed by atoms with van der Waals surface area (Å²) in [5.74, 6) is 0.0341. The number of benzene rings is 2. The largest absolute Gasteiger partial charge is 0.364 e. The van der Waals surface area contributed by atoms with E-state index < -0.39 is 0 Å². The van der Waals surface area contributed by atoms with Crippen molar-refractivity contribution < 1.29 is 14.3 Å². The third-order valence-electron chi connectivity index (χ3n) is 5.50. The number of nitrogens with two attached hydrogens (primary N) is 1. The number of carbonyl (C=O) groups is 2. The van der Waals surface area contributed by atoms with Crippen LogP contribution in [0.2, 0.25) is 0 Å². The lowest BCUT2D eigenvalue weighted by atomic mass is 9.97. The monoisotopic (exact) mass is 394 g/mol. The number of para-hydroxylation sites is 1. The van der Waals surface area contributed by atoms with Crippen LogP contribution in [0.4, 0.5) is 16.2 Å². The predicted molar refractivity (Wildman–Crippen MR) is 112 cm³/mol. The van der Waals surface area contributed by atoms with Crippen LogP contribution in [-0.4, -0.2) is 42.1 Å². The number of nitrogens with zero attached hydrogens (tertiary/aromatic N) is 1. The Labute approximate surface area is 170 Å². The van der Waals surface area contributed by atoms with Crippen molar-refractivity contribution >= 4 is 23.3 Å². The summed E-state index contributed by atoms with van der Waals surface area (Å²) >= 11 is 0. The van der Waals surface area contributed by atoms with Crippen molar-refractivity contribution in [3.8, 4) is 0 Å². The Hall–Kier alpha value is -2.90. The summed E-state index contributed by atoms with van der Waals surface area (Å²) in [6.45, 7) is 1.59. The van der Waals surface area contributed by atoms with E-state index in [9.17, 15) is 9.59 Å². The second kappa shape index (κ2) is 8.63. The van der Waals surface area contributed by atoms with Gasteiger partial charge in [0.2, 0.25) is 0 Å². The molecule has 2 aliphatic heterocycles. The van der Waals surface area contributed by atoms with Crippen molar-refractivity contribution in [2.75, 3.05) is 23.7 Å². The highest BCUT2D eigenvalue weighted by Crippen LogP contribution is 2.28. The molecule has 0 aliphatic carbocycles. The van der Waals surface area contributed by atoms with Crippen LogP contribution in [0.1, 0.15) is 24.0 Å². The summed E-state index contributed by atoms with van der Waals surface area (Å²) in [5.41, 5.74) is 9.30. The van der Waals surface area contributed by atoms with Crippen molar-refractivity contribution in [2.45, 2.75) is 38.0 Å². The molecular formula is C22H26N4O3. The van der Waals surface area contributed by atoms with E-state index in [1.807, 2.05) is 53.4 Å². The number of rotatable bonds is 4. The maximum Gasteiger partial charge on any atom is 0.323 e. The molecule has 0 spiro atoms. The number of hydrogen-bond donors (Lipinski definition) is 3. The topological polar surface area (TPSA) is 96.7 Å². The summed E-state index contributed by atoms with van der Waals surface area (Å²) in [7, 11) is 0. The van der Waals surface area contributed by atoms with E-state index in [0.29, 0.717) is 26.1 Å². The van der Waals surface area contributed by atoms with Crippen LogP contribution in [0, 0.1) is 0 Å². The number of fused-ring (bicyclic) bond motifs is 1. The van der Waals surface area contributed by atoms with Crippen molar-refractivity contribution in [3.05, 3.63) is 59.7 Å². The van der Waals surface area contributed by atoms with E-state index in [4.69, 9.17) is 10.5 Å². The molecule has 3 amide bonds. The second-order valence-electron chi connectivity index (χ2n) is 7.46. The summed E-state index contributed by atoms with van der Waals surface area (Å²) in [6.07, 6.45) is 1.85. The van der Waals surface area contributed by atoms with Gasteiger partial charge < -0.3 is 26.0 Å². The van der Waals surface area contributed by atoms with Gasteiger partial charge >= 0.3 is 6.03 Å². The number of anilines is 2. The smallest absolute Gasteiger partial charge is 0.323 e. The Morgan fingerprint density at radius 2 is 1.90 bits per heavy atom. The molecular weight excluding hydrogens is 368 g/mol. The first-order valence-electron chi connectivity index (χ1n) is 10.0. The minimum Gasteiger partial charge on any atom is -0.364 e. The first-order valence-corrected chi connectivity index (χ1v) is 10.0. The number of ether oxygens (including phenoxy) is 1. The van der Waals surface area contributed by atoms with Crippen LogP contribution in [0.5, 0.6) is 0 Å². The Morgan fingerprint density at radius 1 is 1.07 bits per heavy atom. The molecule has 7 nitrogen and oxygen atoms in total. The van der Waals surface area contributed by atoms with Gasteiger partial charge in [-0.15, -0.1) is 0 Å². The van der Waals surface area contributed by atoms with Gasteiger partial charge in [-0.2, -0.15) is 0 Å². The molecule has 2 aliphatic rings. The molecule has 0 saturated carbocycles. The van der Waals surface area contributed by atoms with Crippen molar-refractivity contribution in [1.82, 2.24) is 4.90 Å². The lowest BCUT2D eigenvalue weighted by Crippen LogP contribution is -2.42. The fraction of sp³-hybridized carbons (Fsp3) is 0.364. The Morgan fingerprint density at radius 3 is 2.66 bits per heavy atom. The van der Waals surface area contributed by atoms with Crippen LogP contribution in [0.25, 0.3) is 0 Å². The molecule has 2 aromatic carbocycles. The molecule has 7 heteroatoms. The van der Waals surface area contributed by atoms with E-state index in [1.165, 1.54) is 0 Å². The van der Waals surface area contributed by atoms with Gasteiger partial charge in [0.05, 0.1) is 6.10 Å². The number of carbonyl (C=O) groups excluding carboxylic acids is 2. The van der Waals surface area contributed by atoms with Crippen LogP contribution >= 0.6 is 0 Å². The zero-order valence-electron chi connectivity index (χ0n) is 16.3. The Balaban J connectivity index is 1.41. The second-order valence-corrected chi connectivity index (χ2v) is 7.46. The number of nitrogens with one attached hydrogen (secondary N) is 2. The summed E-state index contributed by atoms with van der Waals surface area (Å²) in [5, 5.41) is 5.77. The molecule has 2 heterocycles. The predicted octanol–water partition coefficient (Wildman–Crippen LogP) is 2.72. The van der Waals surface area contributed by atoms with Gasteiger partial charge in [0.15, 0.2) is 0 Å².